The van der Waals surface area contributed by atoms with Gasteiger partial charge in [-0.2, -0.15) is 0 Å². The second-order valence-corrected chi connectivity index (χ2v) is 9.90. The summed E-state index contributed by atoms with van der Waals surface area (Å²) < 4.78 is 25.4. The van der Waals surface area contributed by atoms with Crippen LogP contribution < -0.4 is 16.0 Å². The Morgan fingerprint density at radius 1 is 1.21 bits per heavy atom. The van der Waals surface area contributed by atoms with Crippen molar-refractivity contribution in [1.29, 1.82) is 0 Å². The first-order chi connectivity index (χ1) is 13.9. The first-order valence-corrected chi connectivity index (χ1v) is 11.5. The number of carbonyl (C=O) groups excluding carboxylic acids is 1. The summed E-state index contributed by atoms with van der Waals surface area (Å²) in [6.07, 6.45) is 4.55. The van der Waals surface area contributed by atoms with Gasteiger partial charge in [0.2, 0.25) is 15.7 Å². The molecule has 3 atom stereocenters. The number of amides is 1. The summed E-state index contributed by atoms with van der Waals surface area (Å²) in [6.45, 7) is 2.30. The molecule has 29 heavy (non-hydrogen) atoms. The zero-order chi connectivity index (χ0) is 20.4. The van der Waals surface area contributed by atoms with Crippen LogP contribution in [-0.2, 0) is 21.2 Å². The van der Waals surface area contributed by atoms with E-state index < -0.39 is 9.84 Å². The third kappa shape index (κ3) is 4.45. The van der Waals surface area contributed by atoms with Gasteiger partial charge >= 0.3 is 0 Å². The molecule has 3 N–H and O–H groups in total. The van der Waals surface area contributed by atoms with Crippen LogP contribution in [0.25, 0.3) is 0 Å². The van der Waals surface area contributed by atoms with E-state index in [9.17, 15) is 13.2 Å². The molecule has 4 rings (SSSR count). The van der Waals surface area contributed by atoms with Crippen LogP contribution >= 0.6 is 11.6 Å². The van der Waals surface area contributed by atoms with Crippen LogP contribution in [-0.4, -0.2) is 44.5 Å². The van der Waals surface area contributed by atoms with Crippen LogP contribution in [0.15, 0.2) is 52.5 Å². The number of nitrogens with one attached hydrogen (secondary N) is 3. The Hall–Kier alpha value is -2.00. The number of hydrogen-bond donors (Lipinski definition) is 3. The monoisotopic (exact) mass is 434 g/mol. The third-order valence-corrected chi connectivity index (χ3v) is 7.51. The molecule has 2 fully saturated rings. The van der Waals surface area contributed by atoms with Gasteiger partial charge in [-0.15, -0.1) is 0 Å². The summed E-state index contributed by atoms with van der Waals surface area (Å²) in [7, 11) is -3.69. The molecule has 0 spiro atoms. The largest absolute Gasteiger partial charge is 0.351 e. The number of fused-ring (bicyclic) bond motifs is 1. The molecule has 1 amide bonds. The quantitative estimate of drug-likeness (QED) is 0.659. The van der Waals surface area contributed by atoms with Gasteiger partial charge in [0.15, 0.2) is 0 Å². The lowest BCUT2D eigenvalue weighted by Crippen LogP contribution is -2.45. The van der Waals surface area contributed by atoms with Crippen molar-refractivity contribution < 1.29 is 13.2 Å². The molecule has 1 aromatic carbocycles. The summed E-state index contributed by atoms with van der Waals surface area (Å²) in [4.78, 5) is 16.5. The number of pyridine rings is 1. The standard InChI is InChI=1S/C20H23ClN4O3S/c21-15-8-17(12-23-11-15)29(27,28)16-3-1-13(2-4-16)9-24-20(26)19-7-14-10-22-6-5-18(14)25-19/h1-4,8,11-12,14,18-19,22,25H,5-7,9-10H2,(H,24,26). The van der Waals surface area contributed by atoms with Crippen molar-refractivity contribution in [2.24, 2.45) is 5.92 Å². The second kappa shape index (κ2) is 8.39. The number of halogens is 1. The van der Waals surface area contributed by atoms with Crippen LogP contribution in [0.1, 0.15) is 18.4 Å². The Morgan fingerprint density at radius 3 is 2.72 bits per heavy atom. The highest BCUT2D eigenvalue weighted by Gasteiger charge is 2.38. The molecule has 2 saturated heterocycles. The lowest BCUT2D eigenvalue weighted by molar-refractivity contribution is -0.123. The predicted octanol–water partition coefficient (Wildman–Crippen LogP) is 1.52. The van der Waals surface area contributed by atoms with Crippen LogP contribution in [0.2, 0.25) is 5.02 Å². The highest BCUT2D eigenvalue weighted by atomic mass is 35.5. The summed E-state index contributed by atoms with van der Waals surface area (Å²) in [6, 6.07) is 8.10. The molecule has 3 unspecified atom stereocenters. The average Bonchev–Trinajstić information content (AvgIpc) is 3.17. The van der Waals surface area contributed by atoms with Gasteiger partial charge in [0.1, 0.15) is 0 Å². The molecule has 0 saturated carbocycles. The molecule has 1 aromatic heterocycles. The van der Waals surface area contributed by atoms with E-state index in [-0.39, 0.29) is 26.8 Å². The van der Waals surface area contributed by atoms with E-state index >= 15 is 0 Å². The zero-order valence-electron chi connectivity index (χ0n) is 15.8. The number of sulfone groups is 1. The molecule has 2 aliphatic heterocycles. The molecule has 0 bridgehead atoms. The number of hydrogen-bond acceptors (Lipinski definition) is 6. The fourth-order valence-electron chi connectivity index (χ4n) is 3.98. The highest BCUT2D eigenvalue weighted by molar-refractivity contribution is 7.91. The van der Waals surface area contributed by atoms with Crippen LogP contribution in [0.5, 0.6) is 0 Å². The molecule has 154 valence electrons. The van der Waals surface area contributed by atoms with Gasteiger partial charge < -0.3 is 16.0 Å². The smallest absolute Gasteiger partial charge is 0.237 e. The summed E-state index contributed by atoms with van der Waals surface area (Å²) in [5, 5.41) is 10.0. The van der Waals surface area contributed by atoms with E-state index in [0.29, 0.717) is 18.5 Å². The van der Waals surface area contributed by atoms with Gasteiger partial charge in [-0.3, -0.25) is 9.78 Å². The predicted molar refractivity (Wildman–Crippen MR) is 109 cm³/mol. The van der Waals surface area contributed by atoms with Gasteiger partial charge in [0, 0.05) is 25.0 Å². The van der Waals surface area contributed by atoms with E-state index in [4.69, 9.17) is 11.6 Å². The van der Waals surface area contributed by atoms with Gasteiger partial charge in [0.05, 0.1) is 20.9 Å². The number of carbonyl (C=O) groups is 1. The maximum atomic E-state index is 12.7. The molecule has 2 aromatic rings. The normalized spacial score (nSPS) is 24.1. The second-order valence-electron chi connectivity index (χ2n) is 7.52. The van der Waals surface area contributed by atoms with E-state index in [1.165, 1.54) is 30.6 Å². The highest BCUT2D eigenvalue weighted by Crippen LogP contribution is 2.25. The molecule has 2 aliphatic rings. The van der Waals surface area contributed by atoms with E-state index in [0.717, 1.165) is 31.5 Å². The first kappa shape index (κ1) is 20.3. The Morgan fingerprint density at radius 2 is 2.00 bits per heavy atom. The van der Waals surface area contributed by atoms with Crippen LogP contribution in [0.4, 0.5) is 0 Å². The van der Waals surface area contributed by atoms with E-state index in [1.54, 1.807) is 12.1 Å². The van der Waals surface area contributed by atoms with E-state index in [2.05, 4.69) is 20.9 Å². The van der Waals surface area contributed by atoms with Gasteiger partial charge in [-0.05, 0) is 55.6 Å². The summed E-state index contributed by atoms with van der Waals surface area (Å²) in [5.41, 5.74) is 0.832. The Bertz CT molecular complexity index is 983. The number of piperidine rings is 1. The van der Waals surface area contributed by atoms with Crippen LogP contribution in [0, 0.1) is 5.92 Å². The summed E-state index contributed by atoms with van der Waals surface area (Å²) in [5.74, 6) is 0.492. The Kier molecular flexibility index (Phi) is 5.87. The number of nitrogens with zero attached hydrogens (tertiary/aromatic N) is 1. The Labute approximate surface area is 175 Å². The average molecular weight is 435 g/mol. The zero-order valence-corrected chi connectivity index (χ0v) is 17.3. The maximum absolute atomic E-state index is 12.7. The fraction of sp³-hybridized carbons (Fsp3) is 0.400. The molecule has 0 radical (unpaired) electrons. The van der Waals surface area contributed by atoms with Crippen molar-refractivity contribution in [3.63, 3.8) is 0 Å². The van der Waals surface area contributed by atoms with Crippen molar-refractivity contribution in [2.75, 3.05) is 13.1 Å². The van der Waals surface area contributed by atoms with Crippen molar-refractivity contribution in [3.05, 3.63) is 53.3 Å². The van der Waals surface area contributed by atoms with Crippen molar-refractivity contribution in [2.45, 2.75) is 41.3 Å². The third-order valence-electron chi connectivity index (χ3n) is 5.57. The van der Waals surface area contributed by atoms with Crippen molar-refractivity contribution >= 4 is 27.3 Å². The van der Waals surface area contributed by atoms with E-state index in [1.807, 2.05) is 0 Å². The number of rotatable bonds is 5. The lowest BCUT2D eigenvalue weighted by atomic mass is 9.94. The summed E-state index contributed by atoms with van der Waals surface area (Å²) >= 11 is 5.85. The van der Waals surface area contributed by atoms with Crippen molar-refractivity contribution in [1.82, 2.24) is 20.9 Å². The SMILES string of the molecule is O=C(NCc1ccc(S(=O)(=O)c2cncc(Cl)c2)cc1)C1CC2CNCCC2N1. The molecule has 3 heterocycles. The number of benzene rings is 1. The molecular formula is C20H23ClN4O3S. The molecule has 9 heteroatoms. The first-order valence-electron chi connectivity index (χ1n) is 9.62. The van der Waals surface area contributed by atoms with Gasteiger partial charge in [-0.25, -0.2) is 8.42 Å². The minimum Gasteiger partial charge on any atom is -0.351 e. The minimum atomic E-state index is -3.69. The topological polar surface area (TPSA) is 100 Å². The molecule has 0 aliphatic carbocycles. The maximum Gasteiger partial charge on any atom is 0.237 e. The van der Waals surface area contributed by atoms with Gasteiger partial charge in [0.25, 0.3) is 0 Å². The minimum absolute atomic E-state index is 0.0129. The van der Waals surface area contributed by atoms with Gasteiger partial charge in [-0.1, -0.05) is 23.7 Å². The number of aromatic nitrogens is 1. The van der Waals surface area contributed by atoms with Crippen LogP contribution in [0.3, 0.4) is 0 Å². The lowest BCUT2D eigenvalue weighted by Gasteiger charge is -2.25. The Balaban J connectivity index is 1.37. The van der Waals surface area contributed by atoms with Crippen molar-refractivity contribution in [3.8, 4) is 0 Å². The molecule has 7 nitrogen and oxygen atoms in total. The fourth-order valence-corrected chi connectivity index (χ4v) is 5.46. The molecular weight excluding hydrogens is 412 g/mol.